The van der Waals surface area contributed by atoms with Gasteiger partial charge in [-0.2, -0.15) is 5.10 Å². The summed E-state index contributed by atoms with van der Waals surface area (Å²) in [5, 5.41) is 4.32. The predicted octanol–water partition coefficient (Wildman–Crippen LogP) is 5.77. The van der Waals surface area contributed by atoms with E-state index in [1.165, 1.54) is 18.4 Å². The van der Waals surface area contributed by atoms with Gasteiger partial charge < -0.3 is 4.74 Å². The number of aromatic nitrogens is 4. The number of imidazole rings is 1. The number of fused-ring (bicyclic) bond motifs is 1. The molecule has 1 saturated heterocycles. The normalized spacial score (nSPS) is 13.8. The standard InChI is InChI=1S/C29H28N6O/c1-2-8-23(9-3-1)20-36-27-13-7-12-26(17-27)35(29-28-18-30-22-34(28)32-21-31-29)25-11-6-10-24(16-25)19-33-14-4-5-15-33/h1-3,6-13,16-18,21-22H,4-5,14-15,19-20H2. The van der Waals surface area contributed by atoms with Gasteiger partial charge in [0.15, 0.2) is 5.82 Å². The minimum atomic E-state index is 0.510. The Balaban J connectivity index is 1.38. The number of rotatable bonds is 8. The van der Waals surface area contributed by atoms with Crippen LogP contribution in [0.4, 0.5) is 17.2 Å². The van der Waals surface area contributed by atoms with Crippen LogP contribution >= 0.6 is 0 Å². The van der Waals surface area contributed by atoms with E-state index in [-0.39, 0.29) is 0 Å². The molecule has 0 bridgehead atoms. The van der Waals surface area contributed by atoms with Gasteiger partial charge in [0, 0.05) is 18.3 Å². The Bertz CT molecular complexity index is 1440. The summed E-state index contributed by atoms with van der Waals surface area (Å²) in [6, 6.07) is 27.1. The van der Waals surface area contributed by atoms with E-state index < -0.39 is 0 Å². The summed E-state index contributed by atoms with van der Waals surface area (Å²) in [7, 11) is 0. The highest BCUT2D eigenvalue weighted by molar-refractivity contribution is 5.83. The van der Waals surface area contributed by atoms with Gasteiger partial charge in [0.2, 0.25) is 0 Å². The van der Waals surface area contributed by atoms with Crippen molar-refractivity contribution in [3.63, 3.8) is 0 Å². The second kappa shape index (κ2) is 10.2. The molecule has 2 aromatic heterocycles. The van der Waals surface area contributed by atoms with Crippen LogP contribution in [0.5, 0.6) is 5.75 Å². The fraction of sp³-hybridized carbons (Fsp3) is 0.207. The van der Waals surface area contributed by atoms with E-state index >= 15 is 0 Å². The van der Waals surface area contributed by atoms with Crippen molar-refractivity contribution in [2.45, 2.75) is 26.0 Å². The molecule has 1 fully saturated rings. The average molecular weight is 477 g/mol. The van der Waals surface area contributed by atoms with Crippen molar-refractivity contribution in [3.05, 3.63) is 109 Å². The lowest BCUT2D eigenvalue weighted by Crippen LogP contribution is -2.19. The van der Waals surface area contributed by atoms with Crippen molar-refractivity contribution in [1.82, 2.24) is 24.5 Å². The van der Waals surface area contributed by atoms with E-state index in [4.69, 9.17) is 9.72 Å². The topological polar surface area (TPSA) is 58.8 Å². The molecular formula is C29H28N6O. The largest absolute Gasteiger partial charge is 0.489 e. The van der Waals surface area contributed by atoms with E-state index in [1.54, 1.807) is 23.4 Å². The molecule has 6 rings (SSSR count). The van der Waals surface area contributed by atoms with Crippen molar-refractivity contribution in [2.24, 2.45) is 0 Å². The maximum Gasteiger partial charge on any atom is 0.167 e. The number of hydrogen-bond acceptors (Lipinski definition) is 6. The molecule has 0 radical (unpaired) electrons. The van der Waals surface area contributed by atoms with Gasteiger partial charge in [-0.05, 0) is 61.3 Å². The van der Waals surface area contributed by atoms with Crippen LogP contribution in [0.3, 0.4) is 0 Å². The summed E-state index contributed by atoms with van der Waals surface area (Å²) in [5.41, 5.74) is 5.24. The van der Waals surface area contributed by atoms with Crippen LogP contribution in [-0.4, -0.2) is 37.6 Å². The van der Waals surface area contributed by atoms with E-state index in [0.29, 0.717) is 6.61 Å². The molecule has 0 amide bonds. The minimum absolute atomic E-state index is 0.510. The molecule has 7 heteroatoms. The van der Waals surface area contributed by atoms with Gasteiger partial charge >= 0.3 is 0 Å². The van der Waals surface area contributed by atoms with Gasteiger partial charge in [-0.1, -0.05) is 48.5 Å². The summed E-state index contributed by atoms with van der Waals surface area (Å²) >= 11 is 0. The highest BCUT2D eigenvalue weighted by atomic mass is 16.5. The van der Waals surface area contributed by atoms with Crippen LogP contribution in [0.15, 0.2) is 97.7 Å². The molecule has 1 aliphatic heterocycles. The van der Waals surface area contributed by atoms with Crippen LogP contribution in [-0.2, 0) is 13.2 Å². The predicted molar refractivity (Wildman–Crippen MR) is 141 cm³/mol. The van der Waals surface area contributed by atoms with Gasteiger partial charge in [-0.25, -0.2) is 14.5 Å². The molecule has 0 saturated carbocycles. The Kier molecular flexibility index (Phi) is 6.29. The molecule has 3 aromatic carbocycles. The van der Waals surface area contributed by atoms with E-state index in [1.807, 2.05) is 30.3 Å². The van der Waals surface area contributed by atoms with Gasteiger partial charge in [0.25, 0.3) is 0 Å². The third kappa shape index (κ3) is 4.78. The second-order valence-corrected chi connectivity index (χ2v) is 9.07. The molecule has 3 heterocycles. The number of nitrogens with zero attached hydrogens (tertiary/aromatic N) is 6. The SMILES string of the molecule is c1ccc(COc2cccc(N(c3cccc(CN4CCCC4)c3)c3ncnn4cncc34)c2)cc1. The zero-order chi connectivity index (χ0) is 24.2. The summed E-state index contributed by atoms with van der Waals surface area (Å²) in [6.45, 7) is 3.79. The van der Waals surface area contributed by atoms with Crippen LogP contribution in [0.2, 0.25) is 0 Å². The van der Waals surface area contributed by atoms with Gasteiger partial charge in [0.1, 0.15) is 30.5 Å². The number of likely N-dealkylation sites (tertiary alicyclic amines) is 1. The van der Waals surface area contributed by atoms with E-state index in [0.717, 1.165) is 53.7 Å². The molecule has 5 aromatic rings. The first kappa shape index (κ1) is 22.2. The molecule has 0 N–H and O–H groups in total. The van der Waals surface area contributed by atoms with Crippen molar-refractivity contribution in [1.29, 1.82) is 0 Å². The molecule has 0 atom stereocenters. The molecule has 0 unspecified atom stereocenters. The smallest absolute Gasteiger partial charge is 0.167 e. The molecule has 180 valence electrons. The Hall–Kier alpha value is -4.23. The lowest BCUT2D eigenvalue weighted by molar-refractivity contribution is 0.306. The van der Waals surface area contributed by atoms with Crippen LogP contribution in [0.1, 0.15) is 24.0 Å². The Morgan fingerprint density at radius 2 is 1.61 bits per heavy atom. The fourth-order valence-electron chi connectivity index (χ4n) is 4.75. The second-order valence-electron chi connectivity index (χ2n) is 9.07. The first-order chi connectivity index (χ1) is 17.8. The van der Waals surface area contributed by atoms with Crippen molar-refractivity contribution in [2.75, 3.05) is 18.0 Å². The van der Waals surface area contributed by atoms with Crippen molar-refractivity contribution < 1.29 is 4.74 Å². The Labute approximate surface area is 210 Å². The van der Waals surface area contributed by atoms with Crippen LogP contribution < -0.4 is 9.64 Å². The third-order valence-electron chi connectivity index (χ3n) is 6.51. The highest BCUT2D eigenvalue weighted by Crippen LogP contribution is 2.37. The van der Waals surface area contributed by atoms with Gasteiger partial charge in [-0.3, -0.25) is 9.80 Å². The molecule has 0 aliphatic carbocycles. The van der Waals surface area contributed by atoms with Gasteiger partial charge in [-0.15, -0.1) is 0 Å². The summed E-state index contributed by atoms with van der Waals surface area (Å²) in [6.07, 6.45) is 7.62. The average Bonchev–Trinajstić information content (AvgIpc) is 3.62. The van der Waals surface area contributed by atoms with Crippen LogP contribution in [0, 0.1) is 0 Å². The van der Waals surface area contributed by atoms with E-state index in [9.17, 15) is 0 Å². The summed E-state index contributed by atoms with van der Waals surface area (Å²) < 4.78 is 7.91. The van der Waals surface area contributed by atoms with E-state index in [2.05, 4.69) is 68.4 Å². The fourth-order valence-corrected chi connectivity index (χ4v) is 4.75. The molecule has 7 nitrogen and oxygen atoms in total. The lowest BCUT2D eigenvalue weighted by Gasteiger charge is -2.26. The highest BCUT2D eigenvalue weighted by Gasteiger charge is 2.19. The molecule has 1 aliphatic rings. The first-order valence-corrected chi connectivity index (χ1v) is 12.3. The number of hydrogen-bond donors (Lipinski definition) is 0. The first-order valence-electron chi connectivity index (χ1n) is 12.3. The van der Waals surface area contributed by atoms with Crippen LogP contribution in [0.25, 0.3) is 5.52 Å². The summed E-state index contributed by atoms with van der Waals surface area (Å²) in [5.74, 6) is 1.56. The molecule has 0 spiro atoms. The maximum atomic E-state index is 6.16. The monoisotopic (exact) mass is 476 g/mol. The quantitative estimate of drug-likeness (QED) is 0.283. The summed E-state index contributed by atoms with van der Waals surface area (Å²) in [4.78, 5) is 13.7. The zero-order valence-corrected chi connectivity index (χ0v) is 20.1. The van der Waals surface area contributed by atoms with Crippen molar-refractivity contribution >= 4 is 22.7 Å². The lowest BCUT2D eigenvalue weighted by atomic mass is 10.1. The van der Waals surface area contributed by atoms with Gasteiger partial charge in [0.05, 0.1) is 11.9 Å². The third-order valence-corrected chi connectivity index (χ3v) is 6.51. The molecular weight excluding hydrogens is 448 g/mol. The number of ether oxygens (including phenoxy) is 1. The molecule has 36 heavy (non-hydrogen) atoms. The zero-order valence-electron chi connectivity index (χ0n) is 20.1. The van der Waals surface area contributed by atoms with Crippen molar-refractivity contribution in [3.8, 4) is 5.75 Å². The Morgan fingerprint density at radius 3 is 2.47 bits per heavy atom. The maximum absolute atomic E-state index is 6.16. The Morgan fingerprint density at radius 1 is 0.833 bits per heavy atom. The number of anilines is 3. The number of benzene rings is 3. The minimum Gasteiger partial charge on any atom is -0.489 e.